The van der Waals surface area contributed by atoms with Gasteiger partial charge in [0.15, 0.2) is 0 Å². The summed E-state index contributed by atoms with van der Waals surface area (Å²) in [4.78, 5) is 43.2. The Hall–Kier alpha value is -2.74. The molecule has 1 saturated heterocycles. The Bertz CT molecular complexity index is 933. The second-order valence-corrected chi connectivity index (χ2v) is 8.82. The summed E-state index contributed by atoms with van der Waals surface area (Å²) in [6.07, 6.45) is 0.363. The number of amides is 4. The Morgan fingerprint density at radius 3 is 2.43 bits per heavy atom. The maximum absolute atomic E-state index is 13.1. The monoisotopic (exact) mass is 400 g/mol. The van der Waals surface area contributed by atoms with Crippen LogP contribution in [0.2, 0.25) is 0 Å². The van der Waals surface area contributed by atoms with Crippen molar-refractivity contribution in [3.05, 3.63) is 51.5 Å². The molecule has 0 saturated carbocycles. The fourth-order valence-electron chi connectivity index (χ4n) is 3.12. The predicted octanol–water partition coefficient (Wildman–Crippen LogP) is 3.25. The predicted molar refractivity (Wildman–Crippen MR) is 107 cm³/mol. The van der Waals surface area contributed by atoms with Crippen LogP contribution in [0.4, 0.5) is 4.79 Å². The van der Waals surface area contributed by atoms with E-state index in [1.165, 1.54) is 11.3 Å². The molecule has 7 nitrogen and oxygen atoms in total. The summed E-state index contributed by atoms with van der Waals surface area (Å²) in [7, 11) is 0. The number of rotatable bonds is 4. The summed E-state index contributed by atoms with van der Waals surface area (Å²) >= 11 is 1.27. The van der Waals surface area contributed by atoms with Gasteiger partial charge in [0, 0.05) is 5.41 Å². The van der Waals surface area contributed by atoms with Gasteiger partial charge in [0.05, 0.1) is 10.7 Å². The molecule has 28 heavy (non-hydrogen) atoms. The number of hydrogen-bond acceptors (Lipinski definition) is 5. The first-order chi connectivity index (χ1) is 13.1. The van der Waals surface area contributed by atoms with Gasteiger partial charge in [-0.3, -0.25) is 15.0 Å². The van der Waals surface area contributed by atoms with Crippen LogP contribution in [0, 0.1) is 6.92 Å². The molecule has 0 aliphatic carbocycles. The molecule has 2 aromatic rings. The van der Waals surface area contributed by atoms with E-state index in [2.05, 4.69) is 15.7 Å². The van der Waals surface area contributed by atoms with Gasteiger partial charge in [-0.15, -0.1) is 11.3 Å². The zero-order valence-electron chi connectivity index (χ0n) is 16.6. The zero-order chi connectivity index (χ0) is 20.7. The van der Waals surface area contributed by atoms with Gasteiger partial charge in [0.1, 0.15) is 10.4 Å². The van der Waals surface area contributed by atoms with Crippen molar-refractivity contribution in [3.63, 3.8) is 0 Å². The van der Waals surface area contributed by atoms with Gasteiger partial charge < -0.3 is 5.32 Å². The van der Waals surface area contributed by atoms with E-state index in [4.69, 9.17) is 0 Å². The molecule has 1 aromatic carbocycles. The highest BCUT2D eigenvalue weighted by Crippen LogP contribution is 2.32. The molecular formula is C20H24N4O3S. The van der Waals surface area contributed by atoms with Crippen LogP contribution in [0.15, 0.2) is 30.3 Å². The van der Waals surface area contributed by atoms with Gasteiger partial charge >= 0.3 is 6.03 Å². The first kappa shape index (κ1) is 20.0. The van der Waals surface area contributed by atoms with Crippen LogP contribution in [0.25, 0.3) is 0 Å². The van der Waals surface area contributed by atoms with Crippen molar-refractivity contribution in [2.45, 2.75) is 52.0 Å². The molecule has 1 aliphatic rings. The molecule has 3 rings (SSSR count). The molecule has 4 amide bonds. The number of nitrogens with one attached hydrogen (secondary N) is 2. The molecule has 0 bridgehead atoms. The normalized spacial score (nSPS) is 19.7. The lowest BCUT2D eigenvalue weighted by Gasteiger charge is -2.25. The van der Waals surface area contributed by atoms with Crippen molar-refractivity contribution in [2.75, 3.05) is 0 Å². The van der Waals surface area contributed by atoms with E-state index >= 15 is 0 Å². The van der Waals surface area contributed by atoms with Crippen molar-refractivity contribution >= 4 is 29.2 Å². The topological polar surface area (TPSA) is 91.4 Å². The zero-order valence-corrected chi connectivity index (χ0v) is 17.4. The summed E-state index contributed by atoms with van der Waals surface area (Å²) in [6, 6.07) is 8.38. The highest BCUT2D eigenvalue weighted by molar-refractivity contribution is 7.14. The van der Waals surface area contributed by atoms with E-state index in [9.17, 15) is 14.4 Å². The Kier molecular flexibility index (Phi) is 5.01. The van der Waals surface area contributed by atoms with Gasteiger partial charge in [0.2, 0.25) is 0 Å². The number of thiazole rings is 1. The van der Waals surface area contributed by atoms with E-state index < -0.39 is 23.4 Å². The summed E-state index contributed by atoms with van der Waals surface area (Å²) in [6.45, 7) is 9.60. The van der Waals surface area contributed by atoms with Crippen molar-refractivity contribution in [1.29, 1.82) is 0 Å². The molecule has 1 aromatic heterocycles. The standard InChI is InChI=1S/C20H24N4O3S/c1-6-20(13-10-8-7-9-11-13)17(26)24(18(27)22-20)23-15(25)14-12(2)21-16(28-14)19(3,4)5/h7-11H,6H2,1-5H3,(H,22,27)(H,23,25). The third-order valence-electron chi connectivity index (χ3n) is 4.75. The van der Waals surface area contributed by atoms with Crippen molar-refractivity contribution in [3.8, 4) is 0 Å². The third kappa shape index (κ3) is 3.28. The van der Waals surface area contributed by atoms with Crippen LogP contribution in [0.3, 0.4) is 0 Å². The van der Waals surface area contributed by atoms with Crippen molar-refractivity contribution in [2.24, 2.45) is 0 Å². The van der Waals surface area contributed by atoms with Gasteiger partial charge in [-0.05, 0) is 18.9 Å². The number of nitrogens with zero attached hydrogens (tertiary/aromatic N) is 2. The first-order valence-electron chi connectivity index (χ1n) is 9.11. The number of hydrazine groups is 1. The van der Waals surface area contributed by atoms with Gasteiger partial charge in [-0.1, -0.05) is 58.0 Å². The second-order valence-electron chi connectivity index (χ2n) is 7.82. The molecule has 148 valence electrons. The average Bonchev–Trinajstić information content (AvgIpc) is 3.16. The minimum absolute atomic E-state index is 0.195. The Morgan fingerprint density at radius 2 is 1.89 bits per heavy atom. The van der Waals surface area contributed by atoms with E-state index in [-0.39, 0.29) is 5.41 Å². The van der Waals surface area contributed by atoms with E-state index in [0.717, 1.165) is 10.0 Å². The lowest BCUT2D eigenvalue weighted by atomic mass is 9.87. The highest BCUT2D eigenvalue weighted by atomic mass is 32.1. The maximum Gasteiger partial charge on any atom is 0.344 e. The number of carbonyl (C=O) groups excluding carboxylic acids is 3. The number of aromatic nitrogens is 1. The van der Waals surface area contributed by atoms with Crippen LogP contribution >= 0.6 is 11.3 Å². The molecule has 0 spiro atoms. The molecule has 1 fully saturated rings. The fourth-order valence-corrected chi connectivity index (χ4v) is 4.13. The minimum Gasteiger partial charge on any atom is -0.318 e. The van der Waals surface area contributed by atoms with Gasteiger partial charge in [0.25, 0.3) is 11.8 Å². The maximum atomic E-state index is 13.1. The molecule has 1 aliphatic heterocycles. The Labute approximate surface area is 168 Å². The lowest BCUT2D eigenvalue weighted by molar-refractivity contribution is -0.133. The number of hydrogen-bond donors (Lipinski definition) is 2. The summed E-state index contributed by atoms with van der Waals surface area (Å²) in [5.74, 6) is -1.02. The summed E-state index contributed by atoms with van der Waals surface area (Å²) in [5, 5.41) is 4.34. The van der Waals surface area contributed by atoms with Crippen molar-refractivity contribution in [1.82, 2.24) is 20.7 Å². The Morgan fingerprint density at radius 1 is 1.25 bits per heavy atom. The van der Waals surface area contributed by atoms with Crippen LogP contribution in [0.5, 0.6) is 0 Å². The third-order valence-corrected chi connectivity index (χ3v) is 6.33. The molecule has 8 heteroatoms. The number of carbonyl (C=O) groups is 3. The largest absolute Gasteiger partial charge is 0.344 e. The molecule has 0 radical (unpaired) electrons. The van der Waals surface area contributed by atoms with Crippen LogP contribution in [0.1, 0.15) is 60.1 Å². The summed E-state index contributed by atoms with van der Waals surface area (Å²) < 4.78 is 0. The van der Waals surface area contributed by atoms with Crippen LogP contribution in [-0.2, 0) is 15.7 Å². The second kappa shape index (κ2) is 7.01. The molecular weight excluding hydrogens is 376 g/mol. The first-order valence-corrected chi connectivity index (χ1v) is 9.93. The number of urea groups is 1. The number of imide groups is 1. The van der Waals surface area contributed by atoms with E-state index in [1.807, 2.05) is 45.9 Å². The molecule has 2 heterocycles. The number of benzene rings is 1. The average molecular weight is 401 g/mol. The smallest absolute Gasteiger partial charge is 0.318 e. The van der Waals surface area contributed by atoms with Gasteiger partial charge in [-0.25, -0.2) is 9.78 Å². The Balaban J connectivity index is 1.87. The molecule has 1 unspecified atom stereocenters. The van der Waals surface area contributed by atoms with Crippen LogP contribution in [-0.4, -0.2) is 27.8 Å². The molecule has 2 N–H and O–H groups in total. The summed E-state index contributed by atoms with van der Waals surface area (Å²) in [5.41, 5.74) is 2.33. The van der Waals surface area contributed by atoms with E-state index in [1.54, 1.807) is 19.1 Å². The highest BCUT2D eigenvalue weighted by Gasteiger charge is 2.52. The van der Waals surface area contributed by atoms with E-state index in [0.29, 0.717) is 22.6 Å². The number of aryl methyl sites for hydroxylation is 1. The quantitative estimate of drug-likeness (QED) is 0.771. The molecule has 1 atom stereocenters. The fraction of sp³-hybridized carbons (Fsp3) is 0.400. The van der Waals surface area contributed by atoms with Crippen LogP contribution < -0.4 is 10.7 Å². The SMILES string of the molecule is CCC1(c2ccccc2)NC(=O)N(NC(=O)c2sc(C(C)(C)C)nc2C)C1=O. The minimum atomic E-state index is -1.19. The van der Waals surface area contributed by atoms with Crippen molar-refractivity contribution < 1.29 is 14.4 Å². The van der Waals surface area contributed by atoms with Gasteiger partial charge in [-0.2, -0.15) is 5.01 Å². The lowest BCUT2D eigenvalue weighted by Crippen LogP contribution is -2.48.